The van der Waals surface area contributed by atoms with Crippen molar-refractivity contribution in [3.8, 4) is 0 Å². The van der Waals surface area contributed by atoms with E-state index in [2.05, 4.69) is 71.0 Å². The third kappa shape index (κ3) is 2.34. The van der Waals surface area contributed by atoms with Gasteiger partial charge >= 0.3 is 7.12 Å². The monoisotopic (exact) mass is 287 g/mol. The summed E-state index contributed by atoms with van der Waals surface area (Å²) in [5, 5.41) is 0. The first-order chi connectivity index (χ1) is 9.68. The Bertz CT molecular complexity index is 516. The fourth-order valence-electron chi connectivity index (χ4n) is 3.04. The van der Waals surface area contributed by atoms with Crippen LogP contribution in [0.2, 0.25) is 0 Å². The van der Waals surface area contributed by atoms with E-state index in [1.54, 1.807) is 0 Å². The van der Waals surface area contributed by atoms with Crippen molar-refractivity contribution < 1.29 is 9.31 Å². The summed E-state index contributed by atoms with van der Waals surface area (Å²) in [5.74, 6) is 0. The van der Waals surface area contributed by atoms with E-state index in [9.17, 15) is 0 Å². The molecule has 3 rings (SSSR count). The Morgan fingerprint density at radius 1 is 0.905 bits per heavy atom. The van der Waals surface area contributed by atoms with Gasteiger partial charge < -0.3 is 9.31 Å². The van der Waals surface area contributed by atoms with Gasteiger partial charge in [0.15, 0.2) is 0 Å². The zero-order valence-corrected chi connectivity index (χ0v) is 14.1. The zero-order valence-electron chi connectivity index (χ0n) is 14.1. The molecule has 0 N–H and O–H groups in total. The quantitative estimate of drug-likeness (QED) is 0.797. The average molecular weight is 287 g/mol. The Hall–Kier alpha value is -0.835. The Balaban J connectivity index is 1.80. The average Bonchev–Trinajstić information content (AvgIpc) is 3.15. The van der Waals surface area contributed by atoms with E-state index in [0.717, 1.165) is 5.46 Å². The number of benzene rings is 1. The van der Waals surface area contributed by atoms with Crippen LogP contribution in [0.25, 0.3) is 0 Å². The molecule has 0 unspecified atom stereocenters. The van der Waals surface area contributed by atoms with Crippen molar-refractivity contribution in [2.24, 2.45) is 0 Å². The molecule has 1 aliphatic heterocycles. The fourth-order valence-corrected chi connectivity index (χ4v) is 3.04. The van der Waals surface area contributed by atoms with E-state index >= 15 is 0 Å². The lowest BCUT2D eigenvalue weighted by Crippen LogP contribution is -2.41. The first-order valence-corrected chi connectivity index (χ1v) is 7.81. The number of hydrogen-bond donors (Lipinski definition) is 0. The van der Waals surface area contributed by atoms with Gasteiger partial charge in [-0.3, -0.25) is 4.90 Å². The number of nitrogens with zero attached hydrogens (tertiary/aromatic N) is 1. The molecule has 1 saturated carbocycles. The minimum Gasteiger partial charge on any atom is -0.399 e. The molecule has 3 nitrogen and oxygen atoms in total. The second-order valence-electron chi connectivity index (χ2n) is 7.64. The van der Waals surface area contributed by atoms with E-state index in [-0.39, 0.29) is 23.9 Å². The molecule has 0 bridgehead atoms. The summed E-state index contributed by atoms with van der Waals surface area (Å²) < 4.78 is 12.2. The maximum Gasteiger partial charge on any atom is 0.494 e. The molecule has 0 spiro atoms. The van der Waals surface area contributed by atoms with Crippen LogP contribution in [0.5, 0.6) is 0 Å². The minimum absolute atomic E-state index is 0.258. The second-order valence-corrected chi connectivity index (χ2v) is 7.64. The number of rotatable bonds is 3. The van der Waals surface area contributed by atoms with Crippen LogP contribution >= 0.6 is 0 Å². The van der Waals surface area contributed by atoms with Crippen molar-refractivity contribution in [2.45, 2.75) is 57.3 Å². The van der Waals surface area contributed by atoms with Gasteiger partial charge in [0, 0.05) is 5.54 Å². The maximum atomic E-state index is 6.11. The van der Waals surface area contributed by atoms with Crippen LogP contribution in [0.3, 0.4) is 0 Å². The predicted molar refractivity (Wildman–Crippen MR) is 86.8 cm³/mol. The summed E-state index contributed by atoms with van der Waals surface area (Å²) in [4.78, 5) is 2.33. The lowest BCUT2D eigenvalue weighted by atomic mass is 9.78. The largest absolute Gasteiger partial charge is 0.494 e. The zero-order chi connectivity index (χ0) is 15.5. The summed E-state index contributed by atoms with van der Waals surface area (Å²) in [5.41, 5.74) is 2.20. The number of hydrogen-bond acceptors (Lipinski definition) is 3. The molecule has 114 valence electrons. The van der Waals surface area contributed by atoms with Crippen molar-refractivity contribution in [1.29, 1.82) is 0 Å². The van der Waals surface area contributed by atoms with Crippen molar-refractivity contribution in [3.05, 3.63) is 29.8 Å². The topological polar surface area (TPSA) is 21.7 Å². The third-order valence-corrected chi connectivity index (χ3v) is 5.55. The summed E-state index contributed by atoms with van der Waals surface area (Å²) in [6.45, 7) is 8.36. The summed E-state index contributed by atoms with van der Waals surface area (Å²) in [7, 11) is 4.06. The van der Waals surface area contributed by atoms with Crippen LogP contribution in [-0.4, -0.2) is 37.3 Å². The molecule has 0 aromatic heterocycles. The fraction of sp³-hybridized carbons (Fsp3) is 0.647. The van der Waals surface area contributed by atoms with Gasteiger partial charge in [0.25, 0.3) is 0 Å². The van der Waals surface area contributed by atoms with Gasteiger partial charge in [-0.1, -0.05) is 24.3 Å². The maximum absolute atomic E-state index is 6.11. The molecule has 21 heavy (non-hydrogen) atoms. The molecule has 2 aliphatic rings. The normalized spacial score (nSPS) is 25.4. The van der Waals surface area contributed by atoms with Gasteiger partial charge in [0.05, 0.1) is 11.2 Å². The van der Waals surface area contributed by atoms with Gasteiger partial charge in [0.1, 0.15) is 0 Å². The van der Waals surface area contributed by atoms with Gasteiger partial charge in [-0.2, -0.15) is 0 Å². The molecular weight excluding hydrogens is 261 g/mol. The Labute approximate surface area is 128 Å². The summed E-state index contributed by atoms with van der Waals surface area (Å²) in [6.07, 6.45) is 2.49. The standard InChI is InChI=1S/C17H26BNO2/c1-15(2)16(3,4)21-18(20-15)14-9-7-13(8-10-14)17(11-12-17)19(5)6/h7-10H,11-12H2,1-6H3. The highest BCUT2D eigenvalue weighted by Crippen LogP contribution is 2.49. The van der Waals surface area contributed by atoms with E-state index in [1.807, 2.05) is 0 Å². The van der Waals surface area contributed by atoms with Crippen LogP contribution in [0.15, 0.2) is 24.3 Å². The van der Waals surface area contributed by atoms with E-state index in [4.69, 9.17) is 9.31 Å². The summed E-state index contributed by atoms with van der Waals surface area (Å²) in [6, 6.07) is 8.77. The minimum atomic E-state index is -0.280. The lowest BCUT2D eigenvalue weighted by Gasteiger charge is -2.32. The van der Waals surface area contributed by atoms with Gasteiger partial charge in [-0.05, 0) is 65.7 Å². The SMILES string of the molecule is CN(C)C1(c2ccc(B3OC(C)(C)C(C)(C)O3)cc2)CC1. The summed E-state index contributed by atoms with van der Waals surface area (Å²) >= 11 is 0. The highest BCUT2D eigenvalue weighted by atomic mass is 16.7. The molecule has 1 aromatic rings. The van der Waals surface area contributed by atoms with Crippen molar-refractivity contribution >= 4 is 12.6 Å². The van der Waals surface area contributed by atoms with Crippen LogP contribution in [0.4, 0.5) is 0 Å². The molecule has 2 fully saturated rings. The molecular formula is C17H26BNO2. The van der Waals surface area contributed by atoms with Gasteiger partial charge in [0.2, 0.25) is 0 Å². The van der Waals surface area contributed by atoms with E-state index in [1.165, 1.54) is 18.4 Å². The lowest BCUT2D eigenvalue weighted by molar-refractivity contribution is 0.00578. The first-order valence-electron chi connectivity index (χ1n) is 7.81. The van der Waals surface area contributed by atoms with E-state index in [0.29, 0.717) is 0 Å². The third-order valence-electron chi connectivity index (χ3n) is 5.55. The predicted octanol–water partition coefficient (Wildman–Crippen LogP) is 2.54. The Morgan fingerprint density at radius 3 is 1.76 bits per heavy atom. The van der Waals surface area contributed by atoms with Crippen molar-refractivity contribution in [1.82, 2.24) is 4.90 Å². The van der Waals surface area contributed by atoms with Crippen molar-refractivity contribution in [3.63, 3.8) is 0 Å². The second kappa shape index (κ2) is 4.58. The van der Waals surface area contributed by atoms with Crippen LogP contribution in [0, 0.1) is 0 Å². The first kappa shape index (κ1) is 15.1. The van der Waals surface area contributed by atoms with Gasteiger partial charge in [-0.25, -0.2) is 0 Å². The molecule has 1 aromatic carbocycles. The van der Waals surface area contributed by atoms with Gasteiger partial charge in [-0.15, -0.1) is 0 Å². The molecule has 0 atom stereocenters. The van der Waals surface area contributed by atoms with Crippen LogP contribution in [0.1, 0.15) is 46.1 Å². The molecule has 1 saturated heterocycles. The Morgan fingerprint density at radius 2 is 1.38 bits per heavy atom. The van der Waals surface area contributed by atoms with Crippen molar-refractivity contribution in [2.75, 3.05) is 14.1 Å². The highest BCUT2D eigenvalue weighted by Gasteiger charge is 2.52. The van der Waals surface area contributed by atoms with Crippen LogP contribution in [-0.2, 0) is 14.8 Å². The molecule has 1 heterocycles. The molecule has 0 amide bonds. The smallest absolute Gasteiger partial charge is 0.399 e. The molecule has 4 heteroatoms. The molecule has 1 aliphatic carbocycles. The molecule has 0 radical (unpaired) electrons. The van der Waals surface area contributed by atoms with E-state index < -0.39 is 0 Å². The highest BCUT2D eigenvalue weighted by molar-refractivity contribution is 6.62. The Kier molecular flexibility index (Phi) is 3.29. The van der Waals surface area contributed by atoms with Crippen LogP contribution < -0.4 is 5.46 Å².